The SMILES string of the molecule is C=CS(=O)(=O)c1cc(N)ccc1C. The monoisotopic (exact) mass is 197 g/mol. The zero-order valence-electron chi connectivity index (χ0n) is 7.32. The lowest BCUT2D eigenvalue weighted by molar-refractivity contribution is 0.604. The molecule has 3 nitrogen and oxygen atoms in total. The van der Waals surface area contributed by atoms with Crippen LogP contribution in [0.3, 0.4) is 0 Å². The Bertz CT molecular complexity index is 435. The number of anilines is 1. The average Bonchev–Trinajstić information content (AvgIpc) is 2.09. The van der Waals surface area contributed by atoms with Crippen molar-refractivity contribution in [2.45, 2.75) is 11.8 Å². The van der Waals surface area contributed by atoms with Gasteiger partial charge >= 0.3 is 0 Å². The second kappa shape index (κ2) is 3.22. The van der Waals surface area contributed by atoms with Crippen molar-refractivity contribution in [3.05, 3.63) is 35.7 Å². The number of benzene rings is 1. The molecule has 0 heterocycles. The van der Waals surface area contributed by atoms with Crippen LogP contribution in [0.25, 0.3) is 0 Å². The second-order valence-corrected chi connectivity index (χ2v) is 4.60. The highest BCUT2D eigenvalue weighted by molar-refractivity contribution is 7.94. The summed E-state index contributed by atoms with van der Waals surface area (Å²) in [5, 5.41) is 0.925. The first-order valence-corrected chi connectivity index (χ1v) is 5.25. The lowest BCUT2D eigenvalue weighted by atomic mass is 10.2. The van der Waals surface area contributed by atoms with Crippen LogP contribution in [0.2, 0.25) is 0 Å². The normalized spacial score (nSPS) is 11.2. The topological polar surface area (TPSA) is 60.2 Å². The molecule has 2 N–H and O–H groups in total. The minimum absolute atomic E-state index is 0.225. The third-order valence-electron chi connectivity index (χ3n) is 1.74. The molecule has 0 aliphatic carbocycles. The molecule has 0 aromatic heterocycles. The third kappa shape index (κ3) is 1.89. The fraction of sp³-hybridized carbons (Fsp3) is 0.111. The van der Waals surface area contributed by atoms with E-state index in [-0.39, 0.29) is 4.90 Å². The molecule has 0 amide bonds. The van der Waals surface area contributed by atoms with E-state index < -0.39 is 9.84 Å². The van der Waals surface area contributed by atoms with E-state index in [1.54, 1.807) is 19.1 Å². The Balaban J connectivity index is 3.46. The molecule has 0 bridgehead atoms. The zero-order valence-corrected chi connectivity index (χ0v) is 8.14. The number of hydrogen-bond acceptors (Lipinski definition) is 3. The summed E-state index contributed by atoms with van der Waals surface area (Å²) in [6.45, 7) is 4.97. The van der Waals surface area contributed by atoms with E-state index in [1.165, 1.54) is 6.07 Å². The van der Waals surface area contributed by atoms with E-state index in [0.29, 0.717) is 11.3 Å². The maximum absolute atomic E-state index is 11.4. The van der Waals surface area contributed by atoms with Crippen molar-refractivity contribution >= 4 is 15.5 Å². The van der Waals surface area contributed by atoms with Gasteiger partial charge in [-0.1, -0.05) is 12.6 Å². The molecule has 0 unspecified atom stereocenters. The molecule has 1 rings (SSSR count). The lowest BCUT2D eigenvalue weighted by Gasteiger charge is -2.04. The molecule has 13 heavy (non-hydrogen) atoms. The quantitative estimate of drug-likeness (QED) is 0.731. The number of nitrogen functional groups attached to an aromatic ring is 1. The summed E-state index contributed by atoms with van der Waals surface area (Å²) in [6, 6.07) is 4.77. The fourth-order valence-electron chi connectivity index (χ4n) is 1.01. The van der Waals surface area contributed by atoms with Crippen LogP contribution >= 0.6 is 0 Å². The van der Waals surface area contributed by atoms with Gasteiger partial charge in [-0.15, -0.1) is 0 Å². The van der Waals surface area contributed by atoms with Gasteiger partial charge in [0.1, 0.15) is 0 Å². The van der Waals surface area contributed by atoms with Gasteiger partial charge in [0.2, 0.25) is 0 Å². The van der Waals surface area contributed by atoms with Gasteiger partial charge in [0, 0.05) is 11.1 Å². The Hall–Kier alpha value is -1.29. The third-order valence-corrected chi connectivity index (χ3v) is 3.23. The van der Waals surface area contributed by atoms with Crippen molar-refractivity contribution in [2.75, 3.05) is 5.73 Å². The molecule has 0 spiro atoms. The number of rotatable bonds is 2. The van der Waals surface area contributed by atoms with Gasteiger partial charge in [-0.05, 0) is 24.6 Å². The van der Waals surface area contributed by atoms with Crippen molar-refractivity contribution in [2.24, 2.45) is 0 Å². The van der Waals surface area contributed by atoms with E-state index in [1.807, 2.05) is 0 Å². The average molecular weight is 197 g/mol. The molecule has 1 aromatic carbocycles. The maximum Gasteiger partial charge on any atom is 0.199 e. The molecular formula is C9H11NO2S. The molecule has 0 fully saturated rings. The van der Waals surface area contributed by atoms with Crippen LogP contribution in [0.4, 0.5) is 5.69 Å². The molecular weight excluding hydrogens is 186 g/mol. The van der Waals surface area contributed by atoms with Crippen molar-refractivity contribution in [1.82, 2.24) is 0 Å². The summed E-state index contributed by atoms with van der Waals surface area (Å²) >= 11 is 0. The van der Waals surface area contributed by atoms with Crippen LogP contribution in [0, 0.1) is 6.92 Å². The van der Waals surface area contributed by atoms with Crippen molar-refractivity contribution in [3.63, 3.8) is 0 Å². The van der Waals surface area contributed by atoms with Crippen LogP contribution in [-0.4, -0.2) is 8.42 Å². The minimum atomic E-state index is -3.37. The van der Waals surface area contributed by atoms with E-state index in [2.05, 4.69) is 6.58 Å². The van der Waals surface area contributed by atoms with Gasteiger partial charge in [-0.25, -0.2) is 8.42 Å². The predicted molar refractivity (Wildman–Crippen MR) is 53.0 cm³/mol. The Labute approximate surface area is 77.8 Å². The summed E-state index contributed by atoms with van der Waals surface area (Å²) in [4.78, 5) is 0.225. The minimum Gasteiger partial charge on any atom is -0.399 e. The summed E-state index contributed by atoms with van der Waals surface area (Å²) in [6.07, 6.45) is 0. The molecule has 0 saturated heterocycles. The first kappa shape index (κ1) is 9.80. The smallest absolute Gasteiger partial charge is 0.199 e. The molecule has 0 aliphatic heterocycles. The lowest BCUT2D eigenvalue weighted by Crippen LogP contribution is -1.99. The first-order valence-electron chi connectivity index (χ1n) is 3.71. The molecule has 1 aromatic rings. The first-order chi connectivity index (χ1) is 5.97. The van der Waals surface area contributed by atoms with E-state index in [4.69, 9.17) is 5.73 Å². The van der Waals surface area contributed by atoms with Crippen LogP contribution in [0.5, 0.6) is 0 Å². The second-order valence-electron chi connectivity index (χ2n) is 2.74. The van der Waals surface area contributed by atoms with E-state index >= 15 is 0 Å². The van der Waals surface area contributed by atoms with Crippen molar-refractivity contribution in [3.8, 4) is 0 Å². The number of sulfone groups is 1. The predicted octanol–water partition coefficient (Wildman–Crippen LogP) is 1.49. The number of nitrogens with two attached hydrogens (primary N) is 1. The van der Waals surface area contributed by atoms with Crippen LogP contribution < -0.4 is 5.73 Å². The Kier molecular flexibility index (Phi) is 2.43. The highest BCUT2D eigenvalue weighted by atomic mass is 32.2. The van der Waals surface area contributed by atoms with Gasteiger partial charge in [0.15, 0.2) is 9.84 Å². The number of aryl methyl sites for hydroxylation is 1. The standard InChI is InChI=1S/C9H11NO2S/c1-3-13(11,12)9-6-8(10)5-4-7(9)2/h3-6H,1,10H2,2H3. The zero-order chi connectivity index (χ0) is 10.1. The van der Waals surface area contributed by atoms with Gasteiger partial charge in [-0.3, -0.25) is 0 Å². The van der Waals surface area contributed by atoms with Gasteiger partial charge in [0.25, 0.3) is 0 Å². The van der Waals surface area contributed by atoms with E-state index in [0.717, 1.165) is 5.41 Å². The van der Waals surface area contributed by atoms with Crippen LogP contribution in [0.15, 0.2) is 35.1 Å². The summed E-state index contributed by atoms with van der Waals surface area (Å²) in [7, 11) is -3.37. The van der Waals surface area contributed by atoms with Crippen molar-refractivity contribution < 1.29 is 8.42 Å². The number of hydrogen-bond donors (Lipinski definition) is 1. The van der Waals surface area contributed by atoms with Gasteiger partial charge in [0.05, 0.1) is 4.90 Å². The Morgan fingerprint density at radius 2 is 2.08 bits per heavy atom. The highest BCUT2D eigenvalue weighted by Gasteiger charge is 2.12. The van der Waals surface area contributed by atoms with Gasteiger partial charge < -0.3 is 5.73 Å². The summed E-state index contributed by atoms with van der Waals surface area (Å²) in [5.41, 5.74) is 6.59. The molecule has 0 radical (unpaired) electrons. The van der Waals surface area contributed by atoms with Gasteiger partial charge in [-0.2, -0.15) is 0 Å². The Morgan fingerprint density at radius 3 is 2.62 bits per heavy atom. The summed E-state index contributed by atoms with van der Waals surface area (Å²) in [5.74, 6) is 0. The summed E-state index contributed by atoms with van der Waals surface area (Å²) < 4.78 is 22.8. The Morgan fingerprint density at radius 1 is 1.46 bits per heavy atom. The fourth-order valence-corrected chi connectivity index (χ4v) is 2.01. The van der Waals surface area contributed by atoms with Crippen LogP contribution in [0.1, 0.15) is 5.56 Å². The molecule has 0 atom stereocenters. The van der Waals surface area contributed by atoms with E-state index in [9.17, 15) is 8.42 Å². The molecule has 70 valence electrons. The maximum atomic E-state index is 11.4. The highest BCUT2D eigenvalue weighted by Crippen LogP contribution is 2.19. The molecule has 0 saturated carbocycles. The van der Waals surface area contributed by atoms with Crippen LogP contribution in [-0.2, 0) is 9.84 Å². The largest absolute Gasteiger partial charge is 0.399 e. The van der Waals surface area contributed by atoms with Crippen molar-refractivity contribution in [1.29, 1.82) is 0 Å². The molecule has 4 heteroatoms. The molecule has 0 aliphatic rings.